The van der Waals surface area contributed by atoms with Crippen LogP contribution in [0.4, 0.5) is 11.4 Å². The molecule has 1 amide bonds. The van der Waals surface area contributed by atoms with Crippen molar-refractivity contribution >= 4 is 29.0 Å². The van der Waals surface area contributed by atoms with Crippen LogP contribution in [0.3, 0.4) is 0 Å². The zero-order valence-electron chi connectivity index (χ0n) is 12.2. The summed E-state index contributed by atoms with van der Waals surface area (Å²) in [6.07, 6.45) is 2.10. The van der Waals surface area contributed by atoms with E-state index in [4.69, 9.17) is 0 Å². The van der Waals surface area contributed by atoms with Gasteiger partial charge in [0, 0.05) is 37.5 Å². The Kier molecular flexibility index (Phi) is 5.06. The van der Waals surface area contributed by atoms with Crippen molar-refractivity contribution in [3.8, 4) is 0 Å². The number of anilines is 1. The van der Waals surface area contributed by atoms with Crippen molar-refractivity contribution in [3.05, 3.63) is 33.9 Å². The van der Waals surface area contributed by atoms with Crippen molar-refractivity contribution in [3.63, 3.8) is 0 Å². The molecule has 114 valence electrons. The topological polar surface area (TPSA) is 75.5 Å². The number of rotatable bonds is 4. The molecule has 0 aromatic heterocycles. The van der Waals surface area contributed by atoms with E-state index in [2.05, 4.69) is 5.32 Å². The molecule has 1 unspecified atom stereocenters. The molecule has 1 fully saturated rings. The Morgan fingerprint density at radius 3 is 2.81 bits per heavy atom. The second kappa shape index (κ2) is 6.80. The van der Waals surface area contributed by atoms with E-state index in [0.29, 0.717) is 11.3 Å². The van der Waals surface area contributed by atoms with Gasteiger partial charge in [0.15, 0.2) is 0 Å². The first-order valence-electron chi connectivity index (χ1n) is 6.83. The van der Waals surface area contributed by atoms with Crippen LogP contribution in [-0.2, 0) is 0 Å². The Balaban J connectivity index is 2.28. The van der Waals surface area contributed by atoms with E-state index >= 15 is 0 Å². The normalized spacial score (nSPS) is 18.1. The molecule has 7 heteroatoms. The van der Waals surface area contributed by atoms with Gasteiger partial charge in [-0.2, -0.15) is 11.8 Å². The van der Waals surface area contributed by atoms with Crippen LogP contribution in [0.15, 0.2) is 18.2 Å². The Morgan fingerprint density at radius 2 is 2.24 bits per heavy atom. The summed E-state index contributed by atoms with van der Waals surface area (Å²) in [5.74, 6) is 1.91. The third-order valence-electron chi connectivity index (χ3n) is 3.37. The molecule has 21 heavy (non-hydrogen) atoms. The number of amides is 1. The molecule has 1 N–H and O–H groups in total. The van der Waals surface area contributed by atoms with Crippen LogP contribution in [0.1, 0.15) is 23.2 Å². The van der Waals surface area contributed by atoms with Gasteiger partial charge in [-0.05, 0) is 30.7 Å². The molecule has 2 rings (SSSR count). The lowest BCUT2D eigenvalue weighted by molar-refractivity contribution is -0.384. The van der Waals surface area contributed by atoms with Crippen LogP contribution in [0.2, 0.25) is 0 Å². The summed E-state index contributed by atoms with van der Waals surface area (Å²) < 4.78 is 0. The van der Waals surface area contributed by atoms with Crippen molar-refractivity contribution in [2.45, 2.75) is 18.9 Å². The Labute approximate surface area is 128 Å². The number of benzene rings is 1. The number of carbonyl (C=O) groups excluding carboxylic acids is 1. The van der Waals surface area contributed by atoms with Gasteiger partial charge in [-0.3, -0.25) is 14.9 Å². The van der Waals surface area contributed by atoms with Gasteiger partial charge in [0.05, 0.1) is 4.92 Å². The summed E-state index contributed by atoms with van der Waals surface area (Å²) >= 11 is 1.84. The molecule has 0 bridgehead atoms. The highest BCUT2D eigenvalue weighted by Gasteiger charge is 2.21. The summed E-state index contributed by atoms with van der Waals surface area (Å²) in [6, 6.07) is 4.70. The second-order valence-corrected chi connectivity index (χ2v) is 6.40. The standard InChI is InChI=1S/C14H19N3O3S/c1-16(2)14(18)10-5-6-13(17(19)20)12(8-10)15-11-4-3-7-21-9-11/h5-6,8,11,15H,3-4,7,9H2,1-2H3. The molecule has 0 radical (unpaired) electrons. The van der Waals surface area contributed by atoms with Gasteiger partial charge in [0.1, 0.15) is 5.69 Å². The summed E-state index contributed by atoms with van der Waals surface area (Å²) in [6.45, 7) is 0. The molecule has 0 aliphatic carbocycles. The zero-order chi connectivity index (χ0) is 15.4. The molecule has 1 aromatic carbocycles. The van der Waals surface area contributed by atoms with E-state index in [0.717, 1.165) is 24.3 Å². The predicted molar refractivity (Wildman–Crippen MR) is 85.1 cm³/mol. The average molecular weight is 309 g/mol. The van der Waals surface area contributed by atoms with E-state index in [1.165, 1.54) is 17.0 Å². The van der Waals surface area contributed by atoms with Gasteiger partial charge in [0.25, 0.3) is 11.6 Å². The average Bonchev–Trinajstić information content (AvgIpc) is 2.47. The molecular formula is C14H19N3O3S. The van der Waals surface area contributed by atoms with Crippen molar-refractivity contribution in [2.75, 3.05) is 30.9 Å². The Bertz CT molecular complexity index is 542. The molecular weight excluding hydrogens is 290 g/mol. The third-order valence-corrected chi connectivity index (χ3v) is 4.58. The lowest BCUT2D eigenvalue weighted by Crippen LogP contribution is -2.26. The molecule has 6 nitrogen and oxygen atoms in total. The maximum Gasteiger partial charge on any atom is 0.292 e. The third kappa shape index (κ3) is 3.87. The number of nitrogens with zero attached hydrogens (tertiary/aromatic N) is 2. The minimum Gasteiger partial charge on any atom is -0.376 e. The highest BCUT2D eigenvalue weighted by atomic mass is 32.2. The van der Waals surface area contributed by atoms with Crippen molar-refractivity contribution < 1.29 is 9.72 Å². The molecule has 1 aliphatic rings. The van der Waals surface area contributed by atoms with Gasteiger partial charge in [-0.1, -0.05) is 0 Å². The molecule has 1 heterocycles. The summed E-state index contributed by atoms with van der Waals surface area (Å²) in [5, 5.41) is 14.4. The fourth-order valence-corrected chi connectivity index (χ4v) is 3.35. The molecule has 1 saturated heterocycles. The lowest BCUT2D eigenvalue weighted by Gasteiger charge is -2.23. The second-order valence-electron chi connectivity index (χ2n) is 5.25. The number of carbonyl (C=O) groups is 1. The van der Waals surface area contributed by atoms with Crippen LogP contribution in [-0.4, -0.2) is 47.4 Å². The van der Waals surface area contributed by atoms with Crippen LogP contribution in [0, 0.1) is 10.1 Å². The van der Waals surface area contributed by atoms with Crippen LogP contribution in [0.25, 0.3) is 0 Å². The van der Waals surface area contributed by atoms with Crippen molar-refractivity contribution in [2.24, 2.45) is 0 Å². The van der Waals surface area contributed by atoms with Crippen molar-refractivity contribution in [1.82, 2.24) is 4.90 Å². The summed E-state index contributed by atoms with van der Waals surface area (Å²) in [4.78, 5) is 24.2. The first kappa shape index (κ1) is 15.6. The van der Waals surface area contributed by atoms with Gasteiger partial charge in [-0.15, -0.1) is 0 Å². The minimum absolute atomic E-state index is 0.0147. The number of thioether (sulfide) groups is 1. The number of nitrogens with one attached hydrogen (secondary N) is 1. The number of hydrogen-bond acceptors (Lipinski definition) is 5. The fourth-order valence-electron chi connectivity index (χ4n) is 2.28. The molecule has 1 atom stereocenters. The van der Waals surface area contributed by atoms with E-state index in [-0.39, 0.29) is 17.6 Å². The van der Waals surface area contributed by atoms with Gasteiger partial charge in [0.2, 0.25) is 0 Å². The first-order chi connectivity index (χ1) is 9.99. The maximum absolute atomic E-state index is 12.0. The first-order valence-corrected chi connectivity index (χ1v) is 7.99. The highest BCUT2D eigenvalue weighted by Crippen LogP contribution is 2.29. The molecule has 0 spiro atoms. The number of hydrogen-bond donors (Lipinski definition) is 1. The van der Waals surface area contributed by atoms with E-state index in [1.54, 1.807) is 20.2 Å². The van der Waals surface area contributed by atoms with Crippen LogP contribution >= 0.6 is 11.8 Å². The summed E-state index contributed by atoms with van der Waals surface area (Å²) in [5.41, 5.74) is 0.901. The lowest BCUT2D eigenvalue weighted by atomic mass is 10.1. The Morgan fingerprint density at radius 1 is 1.48 bits per heavy atom. The van der Waals surface area contributed by atoms with E-state index in [1.807, 2.05) is 11.8 Å². The smallest absolute Gasteiger partial charge is 0.292 e. The van der Waals surface area contributed by atoms with Gasteiger partial charge >= 0.3 is 0 Å². The van der Waals surface area contributed by atoms with E-state index < -0.39 is 4.92 Å². The quantitative estimate of drug-likeness (QED) is 0.683. The van der Waals surface area contributed by atoms with Crippen LogP contribution < -0.4 is 5.32 Å². The van der Waals surface area contributed by atoms with Crippen LogP contribution in [0.5, 0.6) is 0 Å². The number of nitro benzene ring substituents is 1. The Hall–Kier alpha value is -1.76. The largest absolute Gasteiger partial charge is 0.376 e. The molecule has 0 saturated carbocycles. The maximum atomic E-state index is 12.0. The van der Waals surface area contributed by atoms with Gasteiger partial charge < -0.3 is 10.2 Å². The van der Waals surface area contributed by atoms with Crippen molar-refractivity contribution in [1.29, 1.82) is 0 Å². The SMILES string of the molecule is CN(C)C(=O)c1ccc([N+](=O)[O-])c(NC2CCCSC2)c1. The van der Waals surface area contributed by atoms with E-state index in [9.17, 15) is 14.9 Å². The predicted octanol–water partition coefficient (Wildman–Crippen LogP) is 2.60. The van der Waals surface area contributed by atoms with Gasteiger partial charge in [-0.25, -0.2) is 0 Å². The highest BCUT2D eigenvalue weighted by molar-refractivity contribution is 7.99. The minimum atomic E-state index is -0.414. The molecule has 1 aromatic rings. The summed E-state index contributed by atoms with van der Waals surface area (Å²) in [7, 11) is 3.32. The zero-order valence-corrected chi connectivity index (χ0v) is 13.0. The molecule has 1 aliphatic heterocycles. The monoisotopic (exact) mass is 309 g/mol. The fraction of sp³-hybridized carbons (Fsp3) is 0.500. The number of nitro groups is 1.